The van der Waals surface area contributed by atoms with E-state index in [-0.39, 0.29) is 12.3 Å². The van der Waals surface area contributed by atoms with E-state index in [4.69, 9.17) is 10.2 Å². The standard InChI is InChI=1S/C51H82N8O24S/c1-26-8-7-9-27(20-26)46(77)52-19-6-4-2-3-5-10-39(68)55-28(13-17-40(69)70)47(78)56-29(11-15-37(66)53-21-33(62)42(73)44(75)35(64)23-60)48(79)58-31(14-18-41(71)72)49(80)57-30(50(81)59-32(25-84)51(82)83)12-16-38(67)54-22-34(63)43(74)45(76)36(65)24-61/h7-9,20,28-36,42-45,60-65,73-76,84H,2-6,10-19,21-25H2,1H3,(H,52,77)(H,53,66)(H,54,67)(H,55,68)(H,56,78)(H,57,80)(H,58,79)(H,59,81)(H,69,70)(H,71,72)(H,82,83)/t28-,29-,30-,31-,32+,33+,34+,35-,36-,42-,43-,44-,45-/m1/s1. The predicted octanol–water partition coefficient (Wildman–Crippen LogP) is -7.10. The molecule has 0 fully saturated rings. The van der Waals surface area contributed by atoms with Gasteiger partial charge in [0.2, 0.25) is 41.4 Å². The quantitative estimate of drug-likeness (QED) is 0.0213. The van der Waals surface area contributed by atoms with Gasteiger partial charge in [0.25, 0.3) is 5.91 Å². The Morgan fingerprint density at radius 1 is 0.452 bits per heavy atom. The molecule has 33 heteroatoms. The zero-order valence-electron chi connectivity index (χ0n) is 46.2. The summed E-state index contributed by atoms with van der Waals surface area (Å²) in [6.07, 6.45) is -19.1. The molecule has 0 saturated heterocycles. The van der Waals surface area contributed by atoms with Crippen LogP contribution in [0.5, 0.6) is 0 Å². The number of thiol groups is 1. The molecule has 84 heavy (non-hydrogen) atoms. The number of hydrogen-bond donors (Lipinski definition) is 22. The first-order chi connectivity index (χ1) is 39.6. The van der Waals surface area contributed by atoms with Crippen molar-refractivity contribution >= 4 is 77.8 Å². The lowest BCUT2D eigenvalue weighted by molar-refractivity contribution is -0.142. The zero-order chi connectivity index (χ0) is 63.6. The van der Waals surface area contributed by atoms with E-state index in [1.54, 1.807) is 18.2 Å². The van der Waals surface area contributed by atoms with Crippen molar-refractivity contribution in [2.75, 3.05) is 38.6 Å². The summed E-state index contributed by atoms with van der Waals surface area (Å²) in [5.41, 5.74) is 1.44. The van der Waals surface area contributed by atoms with Gasteiger partial charge in [-0.1, -0.05) is 37.0 Å². The van der Waals surface area contributed by atoms with Crippen LogP contribution in [0.15, 0.2) is 24.3 Å². The highest BCUT2D eigenvalue weighted by atomic mass is 32.1. The summed E-state index contributed by atoms with van der Waals surface area (Å²) in [7, 11) is 0. The van der Waals surface area contributed by atoms with E-state index >= 15 is 0 Å². The van der Waals surface area contributed by atoms with Gasteiger partial charge in [0.1, 0.15) is 66.8 Å². The Morgan fingerprint density at radius 2 is 0.833 bits per heavy atom. The number of benzene rings is 1. The van der Waals surface area contributed by atoms with Crippen molar-refractivity contribution in [2.45, 2.75) is 176 Å². The average Bonchev–Trinajstić information content (AvgIpc) is 3.63. The normalized spacial score (nSPS) is 15.9. The molecule has 0 aromatic heterocycles. The predicted molar refractivity (Wildman–Crippen MR) is 293 cm³/mol. The van der Waals surface area contributed by atoms with Crippen molar-refractivity contribution in [2.24, 2.45) is 0 Å². The summed E-state index contributed by atoms with van der Waals surface area (Å²) < 4.78 is 0. The zero-order valence-corrected chi connectivity index (χ0v) is 47.1. The molecule has 476 valence electrons. The third kappa shape index (κ3) is 29.7. The van der Waals surface area contributed by atoms with E-state index in [0.717, 1.165) is 5.56 Å². The maximum atomic E-state index is 14.2. The highest BCUT2D eigenvalue weighted by Gasteiger charge is 2.35. The molecule has 1 aromatic rings. The molecule has 0 spiro atoms. The van der Waals surface area contributed by atoms with Gasteiger partial charge in [-0.25, -0.2) is 4.79 Å². The van der Waals surface area contributed by atoms with Gasteiger partial charge < -0.3 is 109 Å². The van der Waals surface area contributed by atoms with Crippen LogP contribution in [0.2, 0.25) is 0 Å². The van der Waals surface area contributed by atoms with Crippen LogP contribution in [0.3, 0.4) is 0 Å². The molecule has 0 aliphatic carbocycles. The summed E-state index contributed by atoms with van der Waals surface area (Å²) in [4.78, 5) is 142. The van der Waals surface area contributed by atoms with E-state index in [0.29, 0.717) is 44.2 Å². The minimum absolute atomic E-state index is 0.145. The Labute approximate surface area is 488 Å². The summed E-state index contributed by atoms with van der Waals surface area (Å²) in [5.74, 6) is -13.1. The Balaban J connectivity index is 3.44. The van der Waals surface area contributed by atoms with Gasteiger partial charge in [-0.05, 0) is 57.6 Å². The number of aryl methyl sites for hydroxylation is 1. The fourth-order valence-electron chi connectivity index (χ4n) is 7.72. The molecule has 8 amide bonds. The van der Waals surface area contributed by atoms with Gasteiger partial charge in [0.15, 0.2) is 0 Å². The van der Waals surface area contributed by atoms with Crippen LogP contribution >= 0.6 is 12.6 Å². The topological polar surface area (TPSA) is 547 Å². The number of amides is 8. The lowest BCUT2D eigenvalue weighted by atomic mass is 10.0. The second-order valence-electron chi connectivity index (χ2n) is 19.7. The number of rotatable bonds is 44. The van der Waals surface area contributed by atoms with Gasteiger partial charge in [-0.2, -0.15) is 12.6 Å². The number of carboxylic acids is 3. The molecular formula is C51H82N8O24S. The van der Waals surface area contributed by atoms with Gasteiger partial charge in [-0.15, -0.1) is 0 Å². The van der Waals surface area contributed by atoms with E-state index in [2.05, 4.69) is 55.2 Å². The maximum Gasteiger partial charge on any atom is 0.327 e. The van der Waals surface area contributed by atoms with Crippen molar-refractivity contribution in [3.8, 4) is 0 Å². The van der Waals surface area contributed by atoms with Crippen molar-refractivity contribution in [1.29, 1.82) is 0 Å². The third-order valence-corrected chi connectivity index (χ3v) is 13.1. The third-order valence-electron chi connectivity index (χ3n) is 12.8. The molecule has 0 radical (unpaired) electrons. The number of unbranched alkanes of at least 4 members (excludes halogenated alkanes) is 4. The molecule has 0 unspecified atom stereocenters. The summed E-state index contributed by atoms with van der Waals surface area (Å²) in [6, 6.07) is -2.05. The van der Waals surface area contributed by atoms with Crippen molar-refractivity contribution in [3.63, 3.8) is 0 Å². The largest absolute Gasteiger partial charge is 0.481 e. The number of carbonyl (C=O) groups is 11. The molecule has 21 N–H and O–H groups in total. The van der Waals surface area contributed by atoms with Gasteiger partial charge in [0, 0.05) is 63.1 Å². The van der Waals surface area contributed by atoms with Gasteiger partial charge in [0.05, 0.1) is 25.4 Å². The van der Waals surface area contributed by atoms with Crippen LogP contribution in [-0.4, -0.2) is 249 Å². The summed E-state index contributed by atoms with van der Waals surface area (Å²) in [5, 5.41) is 145. The first kappa shape index (κ1) is 75.4. The second-order valence-corrected chi connectivity index (χ2v) is 20.0. The van der Waals surface area contributed by atoms with Crippen LogP contribution in [0.25, 0.3) is 0 Å². The lowest BCUT2D eigenvalue weighted by Crippen LogP contribution is -2.59. The van der Waals surface area contributed by atoms with Crippen molar-refractivity contribution < 1.29 is 119 Å². The Bertz CT molecular complexity index is 2300. The first-order valence-electron chi connectivity index (χ1n) is 26.9. The Morgan fingerprint density at radius 3 is 1.23 bits per heavy atom. The minimum Gasteiger partial charge on any atom is -0.481 e. The molecule has 0 saturated carbocycles. The van der Waals surface area contributed by atoms with Crippen LogP contribution in [0.1, 0.15) is 106 Å². The van der Waals surface area contributed by atoms with E-state index in [1.165, 1.54) is 0 Å². The highest BCUT2D eigenvalue weighted by Crippen LogP contribution is 2.12. The van der Waals surface area contributed by atoms with Gasteiger partial charge >= 0.3 is 17.9 Å². The van der Waals surface area contributed by atoms with Crippen LogP contribution < -0.4 is 42.5 Å². The lowest BCUT2D eigenvalue weighted by Gasteiger charge is -2.27. The second kappa shape index (κ2) is 40.6. The number of aliphatic carboxylic acids is 3. The SMILES string of the molecule is Cc1cccc(C(=O)NCCCCCCCC(=O)N[C@H](CCC(=O)O)C(=O)N[C@H](CCC(=O)NC[C@H](O)[C@@H](O)[C@H](O)[C@H](O)CO)C(=O)N[C@H](CCC(=O)O)C(=O)N[C@H](CCC(=O)NC[C@H](O)[C@@H](O)[C@H](O)[C@H](O)CO)C(=O)N[C@@H](CS)C(=O)O)c1. The molecule has 0 aliphatic rings. The summed E-state index contributed by atoms with van der Waals surface area (Å²) in [6.45, 7) is -1.33. The molecule has 1 aromatic carbocycles. The molecular weight excluding hydrogens is 1140 g/mol. The minimum atomic E-state index is -2.10. The Kier molecular flexibility index (Phi) is 36.4. The van der Waals surface area contributed by atoms with Crippen LogP contribution in [-0.2, 0) is 47.9 Å². The van der Waals surface area contributed by atoms with Crippen molar-refractivity contribution in [1.82, 2.24) is 42.5 Å². The average molecular weight is 1220 g/mol. The number of nitrogens with one attached hydrogen (secondary N) is 8. The van der Waals surface area contributed by atoms with Crippen LogP contribution in [0, 0.1) is 6.92 Å². The van der Waals surface area contributed by atoms with Crippen LogP contribution in [0.4, 0.5) is 0 Å². The monoisotopic (exact) mass is 1220 g/mol. The molecule has 13 atom stereocenters. The van der Waals surface area contributed by atoms with Gasteiger partial charge in [-0.3, -0.25) is 47.9 Å². The smallest absolute Gasteiger partial charge is 0.327 e. The molecule has 0 bridgehead atoms. The fourth-order valence-corrected chi connectivity index (χ4v) is 7.96. The highest BCUT2D eigenvalue weighted by molar-refractivity contribution is 7.80. The Hall–Kier alpha value is -6.66. The number of carbonyl (C=O) groups excluding carboxylic acids is 8. The van der Waals surface area contributed by atoms with E-state index < -0.39 is 222 Å². The van der Waals surface area contributed by atoms with E-state index in [1.807, 2.05) is 13.0 Å². The van der Waals surface area contributed by atoms with Crippen molar-refractivity contribution in [3.05, 3.63) is 35.4 Å². The molecule has 0 heterocycles. The number of hydrogen-bond acceptors (Lipinski definition) is 22. The molecule has 32 nitrogen and oxygen atoms in total. The first-order valence-corrected chi connectivity index (χ1v) is 27.5. The summed E-state index contributed by atoms with van der Waals surface area (Å²) >= 11 is 3.88. The maximum absolute atomic E-state index is 14.2. The van der Waals surface area contributed by atoms with E-state index in [9.17, 15) is 109 Å². The number of carboxylic acid groups (broad SMARTS) is 3. The fraction of sp³-hybridized carbons (Fsp3) is 0.667. The molecule has 1 rings (SSSR count). The molecule has 0 aliphatic heterocycles. The number of aliphatic hydroxyl groups excluding tert-OH is 10. The number of aliphatic hydroxyl groups is 10.